The molecule has 1 aromatic heterocycles. The number of primary amides is 1. The Labute approximate surface area is 157 Å². The van der Waals surface area contributed by atoms with Crippen LogP contribution in [0.3, 0.4) is 0 Å². The maximum absolute atomic E-state index is 12.1. The fourth-order valence-corrected chi connectivity index (χ4v) is 3.12. The van der Waals surface area contributed by atoms with Gasteiger partial charge in [0.05, 0.1) is 5.75 Å². The van der Waals surface area contributed by atoms with E-state index in [2.05, 4.69) is 22.4 Å². The van der Waals surface area contributed by atoms with Crippen LogP contribution in [0.25, 0.3) is 0 Å². The van der Waals surface area contributed by atoms with Gasteiger partial charge in [-0.2, -0.15) is 0 Å². The molecule has 7 nitrogen and oxygen atoms in total. The summed E-state index contributed by atoms with van der Waals surface area (Å²) in [6.07, 6.45) is 4.07. The number of anilines is 1. The van der Waals surface area contributed by atoms with Crippen LogP contribution in [0.15, 0.2) is 29.4 Å². The van der Waals surface area contributed by atoms with E-state index in [1.807, 2.05) is 31.3 Å². The molecular weight excluding hydrogens is 350 g/mol. The minimum Gasteiger partial charge on any atom is -0.370 e. The number of thioether (sulfide) groups is 1. The fraction of sp³-hybridized carbons (Fsp3) is 0.444. The van der Waals surface area contributed by atoms with Crippen molar-refractivity contribution in [3.05, 3.63) is 35.7 Å². The Hall–Kier alpha value is -2.35. The van der Waals surface area contributed by atoms with Crippen molar-refractivity contribution in [1.82, 2.24) is 14.8 Å². The van der Waals surface area contributed by atoms with Crippen LogP contribution in [0.5, 0.6) is 0 Å². The predicted octanol–water partition coefficient (Wildman–Crippen LogP) is 2.31. The largest absolute Gasteiger partial charge is 0.370 e. The Morgan fingerprint density at radius 3 is 2.58 bits per heavy atom. The molecule has 0 fully saturated rings. The van der Waals surface area contributed by atoms with Gasteiger partial charge in [0.2, 0.25) is 11.8 Å². The van der Waals surface area contributed by atoms with E-state index >= 15 is 0 Å². The van der Waals surface area contributed by atoms with E-state index in [1.165, 1.54) is 30.2 Å². The van der Waals surface area contributed by atoms with E-state index in [0.717, 1.165) is 12.1 Å². The highest BCUT2D eigenvalue weighted by atomic mass is 32.2. The Balaban J connectivity index is 1.82. The number of aromatic nitrogens is 3. The number of carbonyl (C=O) groups is 2. The Bertz CT molecular complexity index is 743. The van der Waals surface area contributed by atoms with Gasteiger partial charge in [-0.25, -0.2) is 0 Å². The summed E-state index contributed by atoms with van der Waals surface area (Å²) in [5.41, 5.74) is 7.21. The van der Waals surface area contributed by atoms with E-state index in [9.17, 15) is 9.59 Å². The number of hydrogen-bond donors (Lipinski definition) is 2. The Morgan fingerprint density at radius 1 is 1.19 bits per heavy atom. The minimum absolute atomic E-state index is 0.0991. The van der Waals surface area contributed by atoms with E-state index in [0.29, 0.717) is 17.4 Å². The lowest BCUT2D eigenvalue weighted by Crippen LogP contribution is -2.15. The maximum Gasteiger partial charge on any atom is 0.234 e. The third-order valence-electron chi connectivity index (χ3n) is 3.91. The third-order valence-corrected chi connectivity index (χ3v) is 4.93. The van der Waals surface area contributed by atoms with Crippen LogP contribution in [0.4, 0.5) is 5.69 Å². The number of carbonyl (C=O) groups excluding carboxylic acids is 2. The van der Waals surface area contributed by atoms with Crippen LogP contribution in [-0.4, -0.2) is 32.3 Å². The van der Waals surface area contributed by atoms with Gasteiger partial charge < -0.3 is 15.6 Å². The number of nitrogens with two attached hydrogens (primary N) is 1. The highest BCUT2D eigenvalue weighted by molar-refractivity contribution is 7.99. The molecule has 0 aliphatic rings. The molecule has 0 spiro atoms. The van der Waals surface area contributed by atoms with Gasteiger partial charge in [-0.3, -0.25) is 9.59 Å². The van der Waals surface area contributed by atoms with Crippen molar-refractivity contribution in [3.8, 4) is 0 Å². The van der Waals surface area contributed by atoms with Gasteiger partial charge in [-0.15, -0.1) is 10.2 Å². The zero-order chi connectivity index (χ0) is 18.9. The molecule has 0 unspecified atom stereocenters. The first kappa shape index (κ1) is 20.0. The van der Waals surface area contributed by atoms with Crippen molar-refractivity contribution < 1.29 is 9.59 Å². The molecule has 8 heteroatoms. The number of nitrogens with one attached hydrogen (secondary N) is 1. The lowest BCUT2D eigenvalue weighted by molar-refractivity contribution is -0.118. The number of unbranched alkanes of at least 4 members (excludes halogenated alkanes) is 1. The monoisotopic (exact) mass is 375 g/mol. The van der Waals surface area contributed by atoms with Gasteiger partial charge in [0.15, 0.2) is 5.16 Å². The first-order valence-corrected chi connectivity index (χ1v) is 9.66. The van der Waals surface area contributed by atoms with Crippen molar-refractivity contribution in [2.45, 2.75) is 44.2 Å². The molecule has 2 amide bonds. The number of aryl methyl sites for hydroxylation is 2. The van der Waals surface area contributed by atoms with Gasteiger partial charge in [-0.05, 0) is 30.5 Å². The molecule has 0 atom stereocenters. The Kier molecular flexibility index (Phi) is 7.65. The number of benzene rings is 1. The van der Waals surface area contributed by atoms with E-state index in [1.54, 1.807) is 4.57 Å². The summed E-state index contributed by atoms with van der Waals surface area (Å²) in [5, 5.41) is 11.6. The maximum atomic E-state index is 12.1. The van der Waals surface area contributed by atoms with E-state index in [-0.39, 0.29) is 24.0 Å². The molecule has 0 aliphatic carbocycles. The quantitative estimate of drug-likeness (QED) is 0.620. The summed E-state index contributed by atoms with van der Waals surface area (Å²) in [4.78, 5) is 23.0. The zero-order valence-electron chi connectivity index (χ0n) is 15.2. The van der Waals surface area contributed by atoms with Gasteiger partial charge in [-0.1, -0.05) is 37.2 Å². The van der Waals surface area contributed by atoms with Crippen LogP contribution in [0.1, 0.15) is 37.6 Å². The van der Waals surface area contributed by atoms with Crippen LogP contribution >= 0.6 is 11.8 Å². The zero-order valence-corrected chi connectivity index (χ0v) is 16.0. The molecule has 1 aromatic carbocycles. The summed E-state index contributed by atoms with van der Waals surface area (Å²) < 4.78 is 1.78. The van der Waals surface area contributed by atoms with E-state index < -0.39 is 0 Å². The number of rotatable bonds is 10. The van der Waals surface area contributed by atoms with Crippen LogP contribution < -0.4 is 11.1 Å². The SMILES string of the molecule is CCCCc1ccc(NC(=O)CSc2nnc(CCC(N)=O)n2C)cc1. The molecular formula is C18H25N5O2S. The number of nitrogens with zero attached hydrogens (tertiary/aromatic N) is 3. The third kappa shape index (κ3) is 6.18. The van der Waals surface area contributed by atoms with Crippen molar-refractivity contribution in [1.29, 1.82) is 0 Å². The fourth-order valence-electron chi connectivity index (χ4n) is 2.39. The van der Waals surface area contributed by atoms with Crippen LogP contribution in [0.2, 0.25) is 0 Å². The first-order valence-electron chi connectivity index (χ1n) is 8.67. The molecule has 0 aliphatic heterocycles. The van der Waals surface area contributed by atoms with Crippen LogP contribution in [0, 0.1) is 0 Å². The second-order valence-corrected chi connectivity index (χ2v) is 7.00. The molecule has 2 rings (SSSR count). The predicted molar refractivity (Wildman–Crippen MR) is 103 cm³/mol. The van der Waals surface area contributed by atoms with Crippen molar-refractivity contribution in [2.75, 3.05) is 11.1 Å². The summed E-state index contributed by atoms with van der Waals surface area (Å²) in [6, 6.07) is 7.95. The topological polar surface area (TPSA) is 103 Å². The second kappa shape index (κ2) is 9.96. The smallest absolute Gasteiger partial charge is 0.234 e. The lowest BCUT2D eigenvalue weighted by atomic mass is 10.1. The van der Waals surface area contributed by atoms with Gasteiger partial charge >= 0.3 is 0 Å². The van der Waals surface area contributed by atoms with Crippen molar-refractivity contribution >= 4 is 29.3 Å². The highest BCUT2D eigenvalue weighted by Crippen LogP contribution is 2.17. The molecule has 2 aromatic rings. The molecule has 140 valence electrons. The summed E-state index contributed by atoms with van der Waals surface area (Å²) in [5.74, 6) is 0.439. The first-order chi connectivity index (χ1) is 12.5. The molecule has 0 saturated heterocycles. The average molecular weight is 375 g/mol. The Morgan fingerprint density at radius 2 is 1.92 bits per heavy atom. The molecule has 0 saturated carbocycles. The standard InChI is InChI=1S/C18H25N5O2S/c1-3-4-5-13-6-8-14(9-7-13)20-17(25)12-26-18-22-21-16(23(18)2)11-10-15(19)24/h6-9H,3-5,10-12H2,1-2H3,(H2,19,24)(H,20,25). The summed E-state index contributed by atoms with van der Waals surface area (Å²) in [7, 11) is 1.81. The van der Waals surface area contributed by atoms with E-state index in [4.69, 9.17) is 5.73 Å². The molecule has 1 heterocycles. The summed E-state index contributed by atoms with van der Waals surface area (Å²) >= 11 is 1.30. The van der Waals surface area contributed by atoms with Crippen LogP contribution in [-0.2, 0) is 29.5 Å². The molecule has 0 radical (unpaired) electrons. The van der Waals surface area contributed by atoms with Gasteiger partial charge in [0, 0.05) is 25.6 Å². The van der Waals surface area contributed by atoms with Gasteiger partial charge in [0.25, 0.3) is 0 Å². The highest BCUT2D eigenvalue weighted by Gasteiger charge is 2.12. The number of amides is 2. The van der Waals surface area contributed by atoms with Crippen molar-refractivity contribution in [2.24, 2.45) is 12.8 Å². The molecule has 0 bridgehead atoms. The number of hydrogen-bond acceptors (Lipinski definition) is 5. The lowest BCUT2D eigenvalue weighted by Gasteiger charge is -2.07. The molecule has 26 heavy (non-hydrogen) atoms. The van der Waals surface area contributed by atoms with Gasteiger partial charge in [0.1, 0.15) is 5.82 Å². The van der Waals surface area contributed by atoms with Crippen molar-refractivity contribution in [3.63, 3.8) is 0 Å². The second-order valence-electron chi connectivity index (χ2n) is 6.06. The normalized spacial score (nSPS) is 10.7. The molecule has 3 N–H and O–H groups in total. The summed E-state index contributed by atoms with van der Waals surface area (Å²) in [6.45, 7) is 2.17. The average Bonchev–Trinajstić information content (AvgIpc) is 2.97. The minimum atomic E-state index is -0.373.